The quantitative estimate of drug-likeness (QED) is 0.856. The second kappa shape index (κ2) is 5.90. The van der Waals surface area contributed by atoms with Gasteiger partial charge in [-0.25, -0.2) is 19.4 Å². The number of esters is 1. The smallest absolute Gasteiger partial charge is 0.376 e. The minimum Gasteiger partial charge on any atom is -0.463 e. The third kappa shape index (κ3) is 2.72. The van der Waals surface area contributed by atoms with E-state index in [2.05, 4.69) is 19.8 Å². The zero-order valence-corrected chi connectivity index (χ0v) is 12.7. The van der Waals surface area contributed by atoms with Crippen LogP contribution in [0.15, 0.2) is 6.07 Å². The van der Waals surface area contributed by atoms with Crippen molar-refractivity contribution in [2.24, 2.45) is 0 Å². The molecule has 0 aliphatic rings. The highest BCUT2D eigenvalue weighted by atomic mass is 16.5. The van der Waals surface area contributed by atoms with Crippen LogP contribution >= 0.6 is 0 Å². The van der Waals surface area contributed by atoms with Crippen LogP contribution in [0.5, 0.6) is 0 Å². The molecule has 21 heavy (non-hydrogen) atoms. The maximum atomic E-state index is 11.6. The fourth-order valence-corrected chi connectivity index (χ4v) is 2.15. The third-order valence-electron chi connectivity index (χ3n) is 3.19. The molecule has 0 saturated heterocycles. The fraction of sp³-hybridized carbons (Fsp3) is 0.429. The number of rotatable bonds is 4. The summed E-state index contributed by atoms with van der Waals surface area (Å²) in [4.78, 5) is 19.9. The molecule has 0 unspecified atom stereocenters. The summed E-state index contributed by atoms with van der Waals surface area (Å²) in [7, 11) is 1.30. The Labute approximate surface area is 123 Å². The lowest BCUT2D eigenvalue weighted by Crippen LogP contribution is -2.13. The number of aromatic nitrogens is 4. The van der Waals surface area contributed by atoms with E-state index in [0.717, 1.165) is 24.2 Å². The zero-order chi connectivity index (χ0) is 15.6. The van der Waals surface area contributed by atoms with Crippen molar-refractivity contribution in [2.75, 3.05) is 12.8 Å². The first-order valence-corrected chi connectivity index (χ1v) is 6.82. The van der Waals surface area contributed by atoms with Gasteiger partial charge in [-0.15, -0.1) is 0 Å². The molecule has 112 valence electrons. The number of carbonyl (C=O) groups is 1. The van der Waals surface area contributed by atoms with Gasteiger partial charge in [-0.05, 0) is 19.8 Å². The Morgan fingerprint density at radius 1 is 1.33 bits per heavy atom. The van der Waals surface area contributed by atoms with Gasteiger partial charge in [-0.3, -0.25) is 0 Å². The van der Waals surface area contributed by atoms with Crippen LogP contribution in [0.25, 0.3) is 5.82 Å². The number of nitrogens with zero attached hydrogens (tertiary/aromatic N) is 4. The van der Waals surface area contributed by atoms with Gasteiger partial charge in [0.05, 0.1) is 24.2 Å². The van der Waals surface area contributed by atoms with Gasteiger partial charge in [-0.2, -0.15) is 5.10 Å². The van der Waals surface area contributed by atoms with Gasteiger partial charge in [0.1, 0.15) is 0 Å². The largest absolute Gasteiger partial charge is 0.463 e. The molecule has 0 atom stereocenters. The van der Waals surface area contributed by atoms with Crippen LogP contribution < -0.4 is 5.73 Å². The first-order valence-electron chi connectivity index (χ1n) is 6.82. The Hall–Kier alpha value is -2.44. The summed E-state index contributed by atoms with van der Waals surface area (Å²) in [5.74, 6) is -0.0401. The second-order valence-corrected chi connectivity index (χ2v) is 4.61. The minimum absolute atomic E-state index is 0.0154. The van der Waals surface area contributed by atoms with Crippen LogP contribution in [-0.2, 0) is 17.6 Å². The van der Waals surface area contributed by atoms with Gasteiger partial charge in [-0.1, -0.05) is 13.8 Å². The van der Waals surface area contributed by atoms with Gasteiger partial charge < -0.3 is 10.5 Å². The lowest BCUT2D eigenvalue weighted by atomic mass is 10.2. The van der Waals surface area contributed by atoms with Crippen molar-refractivity contribution in [3.05, 3.63) is 29.0 Å². The molecule has 7 nitrogen and oxygen atoms in total. The molecule has 0 aromatic carbocycles. The van der Waals surface area contributed by atoms with E-state index >= 15 is 0 Å². The zero-order valence-electron chi connectivity index (χ0n) is 12.7. The molecule has 0 aliphatic carbocycles. The molecule has 2 aromatic heterocycles. The summed E-state index contributed by atoms with van der Waals surface area (Å²) in [6.45, 7) is 5.78. The summed E-state index contributed by atoms with van der Waals surface area (Å²) in [6.07, 6.45) is 1.45. The summed E-state index contributed by atoms with van der Waals surface area (Å²) in [6, 6.07) is 1.76. The van der Waals surface area contributed by atoms with Gasteiger partial charge in [0.15, 0.2) is 5.82 Å². The molecular formula is C14H19N5O2. The summed E-state index contributed by atoms with van der Waals surface area (Å²) in [5, 5.41) is 4.49. The summed E-state index contributed by atoms with van der Waals surface area (Å²) >= 11 is 0. The second-order valence-electron chi connectivity index (χ2n) is 4.61. The maximum absolute atomic E-state index is 11.6. The van der Waals surface area contributed by atoms with E-state index in [0.29, 0.717) is 17.2 Å². The van der Waals surface area contributed by atoms with Crippen molar-refractivity contribution in [1.82, 2.24) is 19.7 Å². The predicted molar refractivity (Wildman–Crippen MR) is 78.4 cm³/mol. The molecular weight excluding hydrogens is 270 g/mol. The number of nitrogens with two attached hydrogens (primary N) is 1. The van der Waals surface area contributed by atoms with Crippen molar-refractivity contribution in [3.63, 3.8) is 0 Å². The van der Waals surface area contributed by atoms with Crippen LogP contribution in [0.2, 0.25) is 0 Å². The van der Waals surface area contributed by atoms with Crippen molar-refractivity contribution in [3.8, 4) is 5.82 Å². The van der Waals surface area contributed by atoms with Crippen LogP contribution in [0.1, 0.15) is 41.5 Å². The summed E-state index contributed by atoms with van der Waals surface area (Å²) < 4.78 is 6.35. The normalized spacial score (nSPS) is 10.7. The first-order chi connectivity index (χ1) is 10.0. The van der Waals surface area contributed by atoms with E-state index in [1.807, 2.05) is 13.8 Å². The molecule has 0 saturated carbocycles. The van der Waals surface area contributed by atoms with E-state index in [1.165, 1.54) is 7.11 Å². The highest BCUT2D eigenvalue weighted by Crippen LogP contribution is 2.21. The Bertz CT molecular complexity index is 678. The van der Waals surface area contributed by atoms with Crippen molar-refractivity contribution in [1.29, 1.82) is 0 Å². The molecule has 2 rings (SSSR count). The van der Waals surface area contributed by atoms with E-state index in [-0.39, 0.29) is 5.82 Å². The first kappa shape index (κ1) is 15.0. The molecule has 0 fully saturated rings. The van der Waals surface area contributed by atoms with Crippen molar-refractivity contribution < 1.29 is 9.53 Å². The number of carbonyl (C=O) groups excluding carboxylic acids is 1. The number of aryl methyl sites for hydroxylation is 2. The van der Waals surface area contributed by atoms with Gasteiger partial charge in [0.2, 0.25) is 5.82 Å². The molecule has 7 heteroatoms. The number of ether oxygens (including phenoxy) is 1. The minimum atomic E-state index is -0.575. The Balaban J connectivity index is 2.61. The van der Waals surface area contributed by atoms with Crippen LogP contribution in [-0.4, -0.2) is 32.8 Å². The monoisotopic (exact) mass is 289 g/mol. The van der Waals surface area contributed by atoms with Gasteiger partial charge >= 0.3 is 5.97 Å². The average molecular weight is 289 g/mol. The maximum Gasteiger partial charge on any atom is 0.376 e. The highest BCUT2D eigenvalue weighted by Gasteiger charge is 2.18. The molecule has 2 aromatic rings. The SMILES string of the molecule is CCc1nn(-c2cc(C)nc(C(=O)OC)n2)c(CC)c1N. The number of methoxy groups -OCH3 is 1. The number of hydrogen-bond acceptors (Lipinski definition) is 6. The lowest BCUT2D eigenvalue weighted by Gasteiger charge is -2.07. The Kier molecular flexibility index (Phi) is 4.21. The van der Waals surface area contributed by atoms with Crippen LogP contribution in [0, 0.1) is 6.92 Å². The number of hydrogen-bond donors (Lipinski definition) is 1. The average Bonchev–Trinajstić information content (AvgIpc) is 2.81. The number of anilines is 1. The molecule has 0 spiro atoms. The predicted octanol–water partition coefficient (Wildman–Crippen LogP) is 1.46. The highest BCUT2D eigenvalue weighted by molar-refractivity contribution is 5.85. The van der Waals surface area contributed by atoms with E-state index in [1.54, 1.807) is 17.7 Å². The molecule has 0 aliphatic heterocycles. The lowest BCUT2D eigenvalue weighted by molar-refractivity contribution is 0.0586. The standard InChI is InChI=1S/C14H19N5O2/c1-5-9-12(15)10(6-2)19(18-9)11-7-8(3)16-13(17-11)14(20)21-4/h7H,5-6,15H2,1-4H3. The van der Waals surface area contributed by atoms with E-state index < -0.39 is 5.97 Å². The fourth-order valence-electron chi connectivity index (χ4n) is 2.15. The molecule has 2 heterocycles. The topological polar surface area (TPSA) is 95.9 Å². The van der Waals surface area contributed by atoms with Gasteiger partial charge in [0, 0.05) is 11.8 Å². The Morgan fingerprint density at radius 3 is 2.62 bits per heavy atom. The molecule has 2 N–H and O–H groups in total. The Morgan fingerprint density at radius 2 is 2.05 bits per heavy atom. The van der Waals surface area contributed by atoms with E-state index in [4.69, 9.17) is 5.73 Å². The summed E-state index contributed by atoms with van der Waals surface area (Å²) in [5.41, 5.74) is 9.14. The molecule has 0 radical (unpaired) electrons. The van der Waals surface area contributed by atoms with Gasteiger partial charge in [0.25, 0.3) is 0 Å². The molecule has 0 bridgehead atoms. The molecule has 0 amide bonds. The van der Waals surface area contributed by atoms with Crippen molar-refractivity contribution >= 4 is 11.7 Å². The van der Waals surface area contributed by atoms with Crippen LogP contribution in [0.4, 0.5) is 5.69 Å². The third-order valence-corrected chi connectivity index (χ3v) is 3.19. The van der Waals surface area contributed by atoms with E-state index in [9.17, 15) is 4.79 Å². The van der Waals surface area contributed by atoms with Crippen LogP contribution in [0.3, 0.4) is 0 Å². The van der Waals surface area contributed by atoms with Crippen molar-refractivity contribution in [2.45, 2.75) is 33.6 Å². The number of nitrogen functional groups attached to an aromatic ring is 1.